The molecule has 90 valence electrons. The smallest absolute Gasteiger partial charge is 0.128 e. The lowest BCUT2D eigenvalue weighted by atomic mass is 9.88. The largest absolute Gasteiger partial charge is 0.356 e. The average molecular weight is 241 g/mol. The standard InChI is InChI=1S/C13H21ClN2/c1-5-16(9-8-14)12-7-6-11(10-15-12)13(2,3)4/h6-7,10H,5,8-9H2,1-4H3. The zero-order valence-corrected chi connectivity index (χ0v) is 11.4. The van der Waals surface area contributed by atoms with Crippen molar-refractivity contribution >= 4 is 17.4 Å². The summed E-state index contributed by atoms with van der Waals surface area (Å²) in [5.41, 5.74) is 1.42. The summed E-state index contributed by atoms with van der Waals surface area (Å²) in [5.74, 6) is 1.65. The van der Waals surface area contributed by atoms with E-state index in [1.807, 2.05) is 6.20 Å². The number of rotatable bonds is 4. The first-order valence-corrected chi connectivity index (χ1v) is 6.30. The van der Waals surface area contributed by atoms with Crippen LogP contribution in [0.2, 0.25) is 0 Å². The monoisotopic (exact) mass is 240 g/mol. The normalized spacial score (nSPS) is 11.6. The highest BCUT2D eigenvalue weighted by Gasteiger charge is 2.14. The topological polar surface area (TPSA) is 16.1 Å². The Morgan fingerprint density at radius 3 is 2.38 bits per heavy atom. The minimum atomic E-state index is 0.162. The molecule has 2 nitrogen and oxygen atoms in total. The first kappa shape index (κ1) is 13.3. The predicted octanol–water partition coefficient (Wildman–Crippen LogP) is 3.44. The summed E-state index contributed by atoms with van der Waals surface area (Å²) in [6.07, 6.45) is 1.96. The molecular weight excluding hydrogens is 220 g/mol. The molecule has 0 radical (unpaired) electrons. The Bertz CT molecular complexity index is 314. The maximum atomic E-state index is 5.76. The van der Waals surface area contributed by atoms with E-state index in [1.54, 1.807) is 0 Å². The molecule has 0 spiro atoms. The lowest BCUT2D eigenvalue weighted by molar-refractivity contribution is 0.587. The lowest BCUT2D eigenvalue weighted by Crippen LogP contribution is -2.26. The van der Waals surface area contributed by atoms with E-state index in [0.717, 1.165) is 18.9 Å². The lowest BCUT2D eigenvalue weighted by Gasteiger charge is -2.23. The first-order chi connectivity index (χ1) is 7.49. The molecule has 16 heavy (non-hydrogen) atoms. The van der Waals surface area contributed by atoms with Crippen LogP contribution in [0, 0.1) is 0 Å². The SMILES string of the molecule is CCN(CCCl)c1ccc(C(C)(C)C)cn1. The third-order valence-electron chi connectivity index (χ3n) is 2.67. The van der Waals surface area contributed by atoms with Gasteiger partial charge in [0.1, 0.15) is 5.82 Å². The molecule has 1 heterocycles. The van der Waals surface area contributed by atoms with Crippen molar-refractivity contribution in [2.75, 3.05) is 23.9 Å². The summed E-state index contributed by atoms with van der Waals surface area (Å²) in [6, 6.07) is 4.23. The molecule has 1 rings (SSSR count). The van der Waals surface area contributed by atoms with E-state index in [-0.39, 0.29) is 5.41 Å². The van der Waals surface area contributed by atoms with Gasteiger partial charge in [0.05, 0.1) is 0 Å². The van der Waals surface area contributed by atoms with Crippen molar-refractivity contribution in [1.82, 2.24) is 4.98 Å². The molecule has 0 amide bonds. The number of alkyl halides is 1. The Morgan fingerprint density at radius 2 is 2.00 bits per heavy atom. The van der Waals surface area contributed by atoms with Gasteiger partial charge in [0.25, 0.3) is 0 Å². The van der Waals surface area contributed by atoms with E-state index >= 15 is 0 Å². The molecular formula is C13H21ClN2. The van der Waals surface area contributed by atoms with Crippen LogP contribution in [0.15, 0.2) is 18.3 Å². The third-order valence-corrected chi connectivity index (χ3v) is 2.84. The zero-order chi connectivity index (χ0) is 12.2. The van der Waals surface area contributed by atoms with Crippen molar-refractivity contribution in [2.24, 2.45) is 0 Å². The molecule has 1 aromatic rings. The Morgan fingerprint density at radius 1 is 1.31 bits per heavy atom. The molecule has 0 saturated carbocycles. The second-order valence-electron chi connectivity index (χ2n) is 4.92. The summed E-state index contributed by atoms with van der Waals surface area (Å²) in [4.78, 5) is 6.68. The number of halogens is 1. The van der Waals surface area contributed by atoms with Crippen molar-refractivity contribution in [1.29, 1.82) is 0 Å². The Balaban J connectivity index is 2.85. The van der Waals surface area contributed by atoms with Gasteiger partial charge >= 0.3 is 0 Å². The van der Waals surface area contributed by atoms with Crippen LogP contribution >= 0.6 is 11.6 Å². The van der Waals surface area contributed by atoms with E-state index in [1.165, 1.54) is 5.56 Å². The van der Waals surface area contributed by atoms with Gasteiger partial charge in [0, 0.05) is 25.2 Å². The van der Waals surface area contributed by atoms with Crippen LogP contribution in [-0.2, 0) is 5.41 Å². The average Bonchev–Trinajstić information content (AvgIpc) is 2.25. The Kier molecular flexibility index (Phi) is 4.60. The van der Waals surface area contributed by atoms with Gasteiger partial charge in [-0.15, -0.1) is 11.6 Å². The fourth-order valence-corrected chi connectivity index (χ4v) is 1.76. The maximum absolute atomic E-state index is 5.76. The van der Waals surface area contributed by atoms with E-state index in [2.05, 4.69) is 49.7 Å². The van der Waals surface area contributed by atoms with Crippen LogP contribution in [0.1, 0.15) is 33.3 Å². The number of aromatic nitrogens is 1. The minimum absolute atomic E-state index is 0.162. The summed E-state index contributed by atoms with van der Waals surface area (Å²) in [7, 11) is 0. The number of hydrogen-bond donors (Lipinski definition) is 0. The molecule has 0 fully saturated rings. The maximum Gasteiger partial charge on any atom is 0.128 e. The van der Waals surface area contributed by atoms with Crippen molar-refractivity contribution < 1.29 is 0 Å². The quantitative estimate of drug-likeness (QED) is 0.750. The highest BCUT2D eigenvalue weighted by molar-refractivity contribution is 6.18. The Hall–Kier alpha value is -0.760. The van der Waals surface area contributed by atoms with Crippen LogP contribution in [0.4, 0.5) is 5.82 Å². The fraction of sp³-hybridized carbons (Fsp3) is 0.615. The van der Waals surface area contributed by atoms with Crippen molar-refractivity contribution in [3.8, 4) is 0 Å². The van der Waals surface area contributed by atoms with Crippen molar-refractivity contribution in [2.45, 2.75) is 33.1 Å². The zero-order valence-electron chi connectivity index (χ0n) is 10.6. The molecule has 1 aromatic heterocycles. The van der Waals surface area contributed by atoms with Gasteiger partial charge in [-0.05, 0) is 24.0 Å². The molecule has 0 N–H and O–H groups in total. The summed E-state index contributed by atoms with van der Waals surface area (Å²) >= 11 is 5.76. The molecule has 0 atom stereocenters. The van der Waals surface area contributed by atoms with Gasteiger partial charge < -0.3 is 4.90 Å². The van der Waals surface area contributed by atoms with Gasteiger partial charge in [0.2, 0.25) is 0 Å². The van der Waals surface area contributed by atoms with Crippen molar-refractivity contribution in [3.63, 3.8) is 0 Å². The summed E-state index contributed by atoms with van der Waals surface area (Å²) < 4.78 is 0. The molecule has 0 aliphatic rings. The van der Waals surface area contributed by atoms with Crippen LogP contribution in [0.25, 0.3) is 0 Å². The van der Waals surface area contributed by atoms with E-state index in [0.29, 0.717) is 5.88 Å². The number of pyridine rings is 1. The van der Waals surface area contributed by atoms with Crippen molar-refractivity contribution in [3.05, 3.63) is 23.9 Å². The number of nitrogens with zero attached hydrogens (tertiary/aromatic N) is 2. The molecule has 0 aromatic carbocycles. The van der Waals surface area contributed by atoms with Crippen LogP contribution in [0.3, 0.4) is 0 Å². The highest BCUT2D eigenvalue weighted by atomic mass is 35.5. The number of anilines is 1. The molecule has 0 aliphatic heterocycles. The highest BCUT2D eigenvalue weighted by Crippen LogP contribution is 2.22. The van der Waals surface area contributed by atoms with E-state index in [4.69, 9.17) is 11.6 Å². The second-order valence-corrected chi connectivity index (χ2v) is 5.30. The third kappa shape index (κ3) is 3.38. The van der Waals surface area contributed by atoms with Gasteiger partial charge in [-0.2, -0.15) is 0 Å². The molecule has 0 bridgehead atoms. The van der Waals surface area contributed by atoms with Crippen LogP contribution in [0.5, 0.6) is 0 Å². The van der Waals surface area contributed by atoms with Gasteiger partial charge in [-0.25, -0.2) is 4.98 Å². The van der Waals surface area contributed by atoms with E-state index < -0.39 is 0 Å². The van der Waals surface area contributed by atoms with Crippen LogP contribution < -0.4 is 4.90 Å². The minimum Gasteiger partial charge on any atom is -0.356 e. The predicted molar refractivity (Wildman–Crippen MR) is 71.5 cm³/mol. The number of hydrogen-bond acceptors (Lipinski definition) is 2. The van der Waals surface area contributed by atoms with Gasteiger partial charge in [-0.1, -0.05) is 26.8 Å². The molecule has 0 saturated heterocycles. The molecule has 0 aliphatic carbocycles. The Labute approximate surface area is 104 Å². The molecule has 0 unspecified atom stereocenters. The summed E-state index contributed by atoms with van der Waals surface area (Å²) in [5, 5.41) is 0. The molecule has 3 heteroatoms. The van der Waals surface area contributed by atoms with Gasteiger partial charge in [-0.3, -0.25) is 0 Å². The summed E-state index contributed by atoms with van der Waals surface area (Å²) in [6.45, 7) is 10.5. The van der Waals surface area contributed by atoms with Crippen LogP contribution in [-0.4, -0.2) is 24.0 Å². The second kappa shape index (κ2) is 5.53. The first-order valence-electron chi connectivity index (χ1n) is 5.76. The van der Waals surface area contributed by atoms with Gasteiger partial charge in [0.15, 0.2) is 0 Å². The fourth-order valence-electron chi connectivity index (χ4n) is 1.55. The van der Waals surface area contributed by atoms with E-state index in [9.17, 15) is 0 Å².